The van der Waals surface area contributed by atoms with Crippen molar-refractivity contribution in [2.75, 3.05) is 23.9 Å². The average Bonchev–Trinajstić information content (AvgIpc) is 3.00. The van der Waals surface area contributed by atoms with E-state index in [0.717, 1.165) is 23.7 Å². The summed E-state index contributed by atoms with van der Waals surface area (Å²) in [5.74, 6) is -1.13. The summed E-state index contributed by atoms with van der Waals surface area (Å²) in [7, 11) is 1.59. The molecule has 0 saturated carbocycles. The molecule has 1 heterocycles. The highest BCUT2D eigenvalue weighted by Crippen LogP contribution is 2.32. The molecule has 3 rings (SSSR count). The standard InChI is InChI=1S/C19H19N3O5/c1-12-9-13-5-3-4-6-17(13)21(12)18(23)11-27-19(24)15-10-14(22(25)26)7-8-16(15)20-2/h3-8,10,12,20H,9,11H2,1-2H3/t12-/m1/s1. The highest BCUT2D eigenvalue weighted by atomic mass is 16.6. The van der Waals surface area contributed by atoms with Crippen LogP contribution in [-0.2, 0) is 16.0 Å². The molecule has 0 aromatic heterocycles. The van der Waals surface area contributed by atoms with Crippen molar-refractivity contribution in [3.63, 3.8) is 0 Å². The first-order valence-corrected chi connectivity index (χ1v) is 8.45. The molecule has 0 bridgehead atoms. The summed E-state index contributed by atoms with van der Waals surface area (Å²) in [5, 5.41) is 13.7. The smallest absolute Gasteiger partial charge is 0.341 e. The molecule has 2 aromatic rings. The number of rotatable bonds is 5. The maximum absolute atomic E-state index is 12.6. The number of non-ortho nitro benzene ring substituents is 1. The molecule has 2 aromatic carbocycles. The lowest BCUT2D eigenvalue weighted by Crippen LogP contribution is -2.38. The van der Waals surface area contributed by atoms with Gasteiger partial charge in [0.2, 0.25) is 0 Å². The largest absolute Gasteiger partial charge is 0.452 e. The fourth-order valence-corrected chi connectivity index (χ4v) is 3.25. The van der Waals surface area contributed by atoms with Crippen LogP contribution in [0.3, 0.4) is 0 Å². The van der Waals surface area contributed by atoms with Gasteiger partial charge in [0.05, 0.1) is 10.5 Å². The van der Waals surface area contributed by atoms with Gasteiger partial charge in [-0.25, -0.2) is 4.79 Å². The molecule has 0 unspecified atom stereocenters. The van der Waals surface area contributed by atoms with Crippen LogP contribution in [0.4, 0.5) is 17.1 Å². The number of nitrogens with one attached hydrogen (secondary N) is 1. The Morgan fingerprint density at radius 2 is 2.04 bits per heavy atom. The van der Waals surface area contributed by atoms with Crippen molar-refractivity contribution in [3.05, 3.63) is 63.7 Å². The molecule has 1 N–H and O–H groups in total. The highest BCUT2D eigenvalue weighted by Gasteiger charge is 2.31. The fourth-order valence-electron chi connectivity index (χ4n) is 3.25. The van der Waals surface area contributed by atoms with Crippen molar-refractivity contribution >= 4 is 28.9 Å². The van der Waals surface area contributed by atoms with Crippen LogP contribution in [0.2, 0.25) is 0 Å². The Kier molecular flexibility index (Phi) is 5.07. The molecular weight excluding hydrogens is 350 g/mol. The van der Waals surface area contributed by atoms with E-state index in [4.69, 9.17) is 4.74 Å². The van der Waals surface area contributed by atoms with Crippen molar-refractivity contribution < 1.29 is 19.2 Å². The predicted molar refractivity (Wildman–Crippen MR) is 100 cm³/mol. The first-order chi connectivity index (χ1) is 12.9. The second-order valence-electron chi connectivity index (χ2n) is 6.26. The third-order valence-electron chi connectivity index (χ3n) is 4.51. The lowest BCUT2D eigenvalue weighted by atomic mass is 10.1. The molecule has 0 aliphatic carbocycles. The molecule has 1 amide bonds. The lowest BCUT2D eigenvalue weighted by molar-refractivity contribution is -0.384. The Hall–Kier alpha value is -3.42. The topological polar surface area (TPSA) is 102 Å². The minimum Gasteiger partial charge on any atom is -0.452 e. The summed E-state index contributed by atoms with van der Waals surface area (Å²) in [4.78, 5) is 37.0. The van der Waals surface area contributed by atoms with E-state index >= 15 is 0 Å². The minimum atomic E-state index is -0.795. The average molecular weight is 369 g/mol. The number of hydrogen-bond donors (Lipinski definition) is 1. The van der Waals surface area contributed by atoms with Crippen molar-refractivity contribution in [1.29, 1.82) is 0 Å². The number of ether oxygens (including phenoxy) is 1. The molecule has 1 atom stereocenters. The first kappa shape index (κ1) is 18.4. The number of fused-ring (bicyclic) bond motifs is 1. The van der Waals surface area contributed by atoms with E-state index in [1.807, 2.05) is 31.2 Å². The van der Waals surface area contributed by atoms with E-state index in [-0.39, 0.29) is 23.2 Å². The molecule has 27 heavy (non-hydrogen) atoms. The summed E-state index contributed by atoms with van der Waals surface area (Å²) < 4.78 is 5.15. The van der Waals surface area contributed by atoms with Crippen LogP contribution in [0, 0.1) is 10.1 Å². The van der Waals surface area contributed by atoms with Crippen molar-refractivity contribution in [1.82, 2.24) is 0 Å². The number of amides is 1. The van der Waals surface area contributed by atoms with Gasteiger partial charge in [-0.1, -0.05) is 18.2 Å². The van der Waals surface area contributed by atoms with Gasteiger partial charge in [-0.05, 0) is 31.0 Å². The quantitative estimate of drug-likeness (QED) is 0.494. The van der Waals surface area contributed by atoms with Crippen LogP contribution in [0.15, 0.2) is 42.5 Å². The maximum atomic E-state index is 12.6. The summed E-state index contributed by atoms with van der Waals surface area (Å²) in [5.41, 5.74) is 2.06. The van der Waals surface area contributed by atoms with Crippen LogP contribution >= 0.6 is 0 Å². The molecule has 1 aliphatic heterocycles. The Bertz CT molecular complexity index is 912. The number of benzene rings is 2. The number of para-hydroxylation sites is 1. The van der Waals surface area contributed by atoms with Crippen LogP contribution < -0.4 is 10.2 Å². The van der Waals surface area contributed by atoms with Gasteiger partial charge in [-0.15, -0.1) is 0 Å². The Morgan fingerprint density at radius 1 is 1.30 bits per heavy atom. The molecule has 8 nitrogen and oxygen atoms in total. The van der Waals surface area contributed by atoms with Crippen LogP contribution in [0.25, 0.3) is 0 Å². The summed E-state index contributed by atoms with van der Waals surface area (Å²) in [6.45, 7) is 1.49. The second kappa shape index (κ2) is 7.45. The first-order valence-electron chi connectivity index (χ1n) is 8.45. The molecule has 0 spiro atoms. The number of esters is 1. The normalized spacial score (nSPS) is 15.2. The third-order valence-corrected chi connectivity index (χ3v) is 4.51. The van der Waals surface area contributed by atoms with E-state index in [1.165, 1.54) is 12.1 Å². The number of nitrogens with zero attached hydrogens (tertiary/aromatic N) is 2. The monoisotopic (exact) mass is 369 g/mol. The molecule has 140 valence electrons. The molecule has 0 saturated heterocycles. The van der Waals surface area contributed by atoms with Gasteiger partial charge in [0.1, 0.15) is 0 Å². The van der Waals surface area contributed by atoms with Gasteiger partial charge < -0.3 is 15.0 Å². The van der Waals surface area contributed by atoms with Crippen LogP contribution in [0.1, 0.15) is 22.8 Å². The van der Waals surface area contributed by atoms with Gasteiger partial charge in [0.25, 0.3) is 11.6 Å². The Morgan fingerprint density at radius 3 is 2.74 bits per heavy atom. The maximum Gasteiger partial charge on any atom is 0.341 e. The number of carbonyl (C=O) groups excluding carboxylic acids is 2. The number of nitro groups is 1. The van der Waals surface area contributed by atoms with Gasteiger partial charge >= 0.3 is 5.97 Å². The zero-order valence-corrected chi connectivity index (χ0v) is 15.0. The van der Waals surface area contributed by atoms with Crippen LogP contribution in [-0.4, -0.2) is 36.5 Å². The van der Waals surface area contributed by atoms with E-state index in [1.54, 1.807) is 11.9 Å². The third kappa shape index (κ3) is 3.59. The van der Waals surface area contributed by atoms with Crippen LogP contribution in [0.5, 0.6) is 0 Å². The summed E-state index contributed by atoms with van der Waals surface area (Å²) in [6.07, 6.45) is 0.741. The molecule has 1 aliphatic rings. The van der Waals surface area contributed by atoms with Crippen molar-refractivity contribution in [3.8, 4) is 0 Å². The highest BCUT2D eigenvalue weighted by molar-refractivity contribution is 6.01. The zero-order chi connectivity index (χ0) is 19.6. The second-order valence-corrected chi connectivity index (χ2v) is 6.26. The zero-order valence-electron chi connectivity index (χ0n) is 15.0. The van der Waals surface area contributed by atoms with Gasteiger partial charge in [-0.2, -0.15) is 0 Å². The van der Waals surface area contributed by atoms with E-state index in [9.17, 15) is 19.7 Å². The minimum absolute atomic E-state index is 0.00868. The molecule has 0 radical (unpaired) electrons. The summed E-state index contributed by atoms with van der Waals surface area (Å²) >= 11 is 0. The lowest BCUT2D eigenvalue weighted by Gasteiger charge is -2.22. The number of nitro benzene ring substituents is 1. The van der Waals surface area contributed by atoms with E-state index in [0.29, 0.717) is 5.69 Å². The summed E-state index contributed by atoms with van der Waals surface area (Å²) in [6, 6.07) is 11.4. The van der Waals surface area contributed by atoms with E-state index < -0.39 is 17.5 Å². The molecular formula is C19H19N3O5. The molecule has 8 heteroatoms. The Labute approximate surface area is 155 Å². The number of hydrogen-bond acceptors (Lipinski definition) is 6. The van der Waals surface area contributed by atoms with Gasteiger partial charge in [0, 0.05) is 36.6 Å². The SMILES string of the molecule is CNc1ccc([N+](=O)[O-])cc1C(=O)OCC(=O)N1c2ccccc2C[C@H]1C. The van der Waals surface area contributed by atoms with Crippen molar-refractivity contribution in [2.45, 2.75) is 19.4 Å². The van der Waals surface area contributed by atoms with Crippen molar-refractivity contribution in [2.24, 2.45) is 0 Å². The number of anilines is 2. The fraction of sp³-hybridized carbons (Fsp3) is 0.263. The Balaban J connectivity index is 1.74. The van der Waals surface area contributed by atoms with Gasteiger partial charge in [-0.3, -0.25) is 14.9 Å². The van der Waals surface area contributed by atoms with E-state index in [2.05, 4.69) is 5.32 Å². The van der Waals surface area contributed by atoms with Gasteiger partial charge in [0.15, 0.2) is 6.61 Å². The predicted octanol–water partition coefficient (Wildman–Crippen LogP) is 2.77. The number of carbonyl (C=O) groups is 2. The molecule has 0 fully saturated rings.